The monoisotopic (exact) mass is 285 g/mol. The van der Waals surface area contributed by atoms with E-state index in [1.165, 1.54) is 24.3 Å². The van der Waals surface area contributed by atoms with Gasteiger partial charge in [0.1, 0.15) is 5.82 Å². The van der Waals surface area contributed by atoms with Crippen LogP contribution in [-0.4, -0.2) is 17.0 Å². The number of hydrogen-bond acceptors (Lipinski definition) is 2. The molecule has 0 saturated heterocycles. The Hall–Kier alpha value is -2.95. The summed E-state index contributed by atoms with van der Waals surface area (Å²) >= 11 is 0. The lowest BCUT2D eigenvalue weighted by Gasteiger charge is -2.06. The first-order chi connectivity index (χ1) is 10.1. The molecule has 0 heterocycles. The molecular formula is C16H12FNO3. The number of carbonyl (C=O) groups is 2. The number of carboxylic acids is 1. The number of nitrogens with one attached hydrogen (secondary N) is 1. The first kappa shape index (κ1) is 14.5. The van der Waals surface area contributed by atoms with Crippen molar-refractivity contribution in [3.8, 4) is 0 Å². The zero-order valence-electron chi connectivity index (χ0n) is 10.9. The normalized spacial score (nSPS) is 10.5. The van der Waals surface area contributed by atoms with E-state index in [1.54, 1.807) is 30.3 Å². The molecule has 0 aliphatic heterocycles. The lowest BCUT2D eigenvalue weighted by atomic mass is 10.1. The quantitative estimate of drug-likeness (QED) is 0.848. The molecule has 0 radical (unpaired) electrons. The summed E-state index contributed by atoms with van der Waals surface area (Å²) in [5.41, 5.74) is 1.02. The molecule has 2 rings (SSSR count). The number of rotatable bonds is 4. The molecule has 2 aromatic carbocycles. The predicted molar refractivity (Wildman–Crippen MR) is 77.5 cm³/mol. The Balaban J connectivity index is 2.17. The van der Waals surface area contributed by atoms with Crippen LogP contribution in [0.4, 0.5) is 10.1 Å². The fourth-order valence-electron chi connectivity index (χ4n) is 1.73. The summed E-state index contributed by atoms with van der Waals surface area (Å²) in [5.74, 6) is -2.22. The van der Waals surface area contributed by atoms with E-state index in [1.807, 2.05) is 0 Å². The summed E-state index contributed by atoms with van der Waals surface area (Å²) in [6, 6.07) is 12.3. The lowest BCUT2D eigenvalue weighted by molar-refractivity contribution is -0.131. The fourth-order valence-corrected chi connectivity index (χ4v) is 1.73. The first-order valence-electron chi connectivity index (χ1n) is 6.13. The zero-order chi connectivity index (χ0) is 15.2. The van der Waals surface area contributed by atoms with E-state index < -0.39 is 17.7 Å². The Kier molecular flexibility index (Phi) is 4.46. The van der Waals surface area contributed by atoms with Gasteiger partial charge in [0.2, 0.25) is 0 Å². The lowest BCUT2D eigenvalue weighted by Crippen LogP contribution is -2.13. The van der Waals surface area contributed by atoms with Crippen molar-refractivity contribution in [3.05, 3.63) is 71.6 Å². The molecule has 0 aromatic heterocycles. The van der Waals surface area contributed by atoms with E-state index in [4.69, 9.17) is 5.11 Å². The van der Waals surface area contributed by atoms with E-state index in [-0.39, 0.29) is 5.56 Å². The van der Waals surface area contributed by atoms with E-state index >= 15 is 0 Å². The molecule has 0 aliphatic carbocycles. The van der Waals surface area contributed by atoms with Gasteiger partial charge in [-0.1, -0.05) is 24.3 Å². The van der Waals surface area contributed by atoms with E-state index in [2.05, 4.69) is 5.32 Å². The van der Waals surface area contributed by atoms with Crippen molar-refractivity contribution in [2.45, 2.75) is 0 Å². The Morgan fingerprint density at radius 2 is 1.86 bits per heavy atom. The van der Waals surface area contributed by atoms with Crippen molar-refractivity contribution in [2.75, 3.05) is 5.32 Å². The molecule has 0 fully saturated rings. The van der Waals surface area contributed by atoms with Gasteiger partial charge in [-0.25, -0.2) is 9.18 Å². The van der Waals surface area contributed by atoms with Crippen molar-refractivity contribution in [2.24, 2.45) is 0 Å². The second kappa shape index (κ2) is 6.47. The highest BCUT2D eigenvalue weighted by molar-refractivity contribution is 6.04. The second-order valence-corrected chi connectivity index (χ2v) is 4.23. The Labute approximate surface area is 120 Å². The molecule has 0 unspecified atom stereocenters. The standard InChI is InChI=1S/C16H12FNO3/c17-14-7-2-1-6-13(14)16(21)18-12-5-3-4-11(10-12)8-9-15(19)20/h1-10H,(H,18,21)(H,19,20)/b9-8+. The van der Waals surface area contributed by atoms with Gasteiger partial charge < -0.3 is 10.4 Å². The minimum Gasteiger partial charge on any atom is -0.478 e. The van der Waals surface area contributed by atoms with Crippen LogP contribution >= 0.6 is 0 Å². The minimum atomic E-state index is -1.06. The van der Waals surface area contributed by atoms with Crippen LogP contribution in [0.25, 0.3) is 6.08 Å². The van der Waals surface area contributed by atoms with Crippen LogP contribution in [-0.2, 0) is 4.79 Å². The van der Waals surface area contributed by atoms with Gasteiger partial charge in [0.25, 0.3) is 5.91 Å². The molecule has 4 nitrogen and oxygen atoms in total. The molecule has 2 aromatic rings. The maximum absolute atomic E-state index is 13.5. The topological polar surface area (TPSA) is 66.4 Å². The van der Waals surface area contributed by atoms with Gasteiger partial charge in [0, 0.05) is 11.8 Å². The van der Waals surface area contributed by atoms with Crippen molar-refractivity contribution in [1.82, 2.24) is 0 Å². The molecule has 1 amide bonds. The molecule has 0 saturated carbocycles. The number of hydrogen-bond donors (Lipinski definition) is 2. The van der Waals surface area contributed by atoms with Crippen molar-refractivity contribution >= 4 is 23.6 Å². The summed E-state index contributed by atoms with van der Waals surface area (Å²) < 4.78 is 13.5. The number of amides is 1. The number of anilines is 1. The average Bonchev–Trinajstić information content (AvgIpc) is 2.46. The molecule has 5 heteroatoms. The number of benzene rings is 2. The predicted octanol–water partition coefficient (Wildman–Crippen LogP) is 3.18. The largest absolute Gasteiger partial charge is 0.478 e. The summed E-state index contributed by atoms with van der Waals surface area (Å²) in [5, 5.41) is 11.1. The summed E-state index contributed by atoms with van der Waals surface area (Å²) in [6.07, 6.45) is 2.40. The van der Waals surface area contributed by atoms with E-state index in [9.17, 15) is 14.0 Å². The van der Waals surface area contributed by atoms with Gasteiger partial charge in [-0.3, -0.25) is 4.79 Å². The second-order valence-electron chi connectivity index (χ2n) is 4.23. The Morgan fingerprint density at radius 1 is 1.10 bits per heavy atom. The van der Waals surface area contributed by atoms with Crippen molar-refractivity contribution < 1.29 is 19.1 Å². The number of carboxylic acid groups (broad SMARTS) is 1. The fraction of sp³-hybridized carbons (Fsp3) is 0. The highest BCUT2D eigenvalue weighted by Crippen LogP contribution is 2.14. The van der Waals surface area contributed by atoms with Gasteiger partial charge in [0.05, 0.1) is 5.56 Å². The smallest absolute Gasteiger partial charge is 0.328 e. The highest BCUT2D eigenvalue weighted by Gasteiger charge is 2.10. The third-order valence-corrected chi connectivity index (χ3v) is 2.68. The summed E-state index contributed by atoms with van der Waals surface area (Å²) in [4.78, 5) is 22.4. The van der Waals surface area contributed by atoms with Crippen molar-refractivity contribution in [3.63, 3.8) is 0 Å². The van der Waals surface area contributed by atoms with Crippen LogP contribution in [0.2, 0.25) is 0 Å². The van der Waals surface area contributed by atoms with Crippen LogP contribution in [0, 0.1) is 5.82 Å². The van der Waals surface area contributed by atoms with Gasteiger partial charge in [0.15, 0.2) is 0 Å². The van der Waals surface area contributed by atoms with Crippen LogP contribution in [0.1, 0.15) is 15.9 Å². The Morgan fingerprint density at radius 3 is 2.57 bits per heavy atom. The van der Waals surface area contributed by atoms with E-state index in [0.29, 0.717) is 11.3 Å². The number of carbonyl (C=O) groups excluding carboxylic acids is 1. The van der Waals surface area contributed by atoms with Crippen LogP contribution in [0.5, 0.6) is 0 Å². The maximum Gasteiger partial charge on any atom is 0.328 e. The maximum atomic E-state index is 13.5. The summed E-state index contributed by atoms with van der Waals surface area (Å²) in [7, 11) is 0. The zero-order valence-corrected chi connectivity index (χ0v) is 10.9. The first-order valence-corrected chi connectivity index (χ1v) is 6.13. The molecule has 0 atom stereocenters. The van der Waals surface area contributed by atoms with Crippen LogP contribution in [0.3, 0.4) is 0 Å². The number of halogens is 1. The molecular weight excluding hydrogens is 273 g/mol. The molecule has 0 aliphatic rings. The molecule has 0 spiro atoms. The van der Waals surface area contributed by atoms with Gasteiger partial charge in [-0.15, -0.1) is 0 Å². The van der Waals surface area contributed by atoms with Crippen molar-refractivity contribution in [1.29, 1.82) is 0 Å². The minimum absolute atomic E-state index is 0.0519. The third kappa shape index (κ3) is 4.01. The van der Waals surface area contributed by atoms with E-state index in [0.717, 1.165) is 6.08 Å². The van der Waals surface area contributed by atoms with Gasteiger partial charge >= 0.3 is 5.97 Å². The molecule has 0 bridgehead atoms. The summed E-state index contributed by atoms with van der Waals surface area (Å²) in [6.45, 7) is 0. The molecule has 106 valence electrons. The third-order valence-electron chi connectivity index (χ3n) is 2.68. The van der Waals surface area contributed by atoms with Crippen LogP contribution < -0.4 is 5.32 Å². The average molecular weight is 285 g/mol. The number of aliphatic carboxylic acids is 1. The highest BCUT2D eigenvalue weighted by atomic mass is 19.1. The van der Waals surface area contributed by atoms with Gasteiger partial charge in [-0.05, 0) is 35.9 Å². The molecule has 2 N–H and O–H groups in total. The Bertz CT molecular complexity index is 710. The van der Waals surface area contributed by atoms with Crippen LogP contribution in [0.15, 0.2) is 54.6 Å². The van der Waals surface area contributed by atoms with Gasteiger partial charge in [-0.2, -0.15) is 0 Å². The molecule has 21 heavy (non-hydrogen) atoms. The SMILES string of the molecule is O=C(O)/C=C/c1cccc(NC(=O)c2ccccc2F)c1.